The van der Waals surface area contributed by atoms with E-state index in [0.717, 1.165) is 80.9 Å². The number of hydrogen-bond acceptors (Lipinski definition) is 7. The molecule has 0 radical (unpaired) electrons. The minimum absolute atomic E-state index is 0.335. The van der Waals surface area contributed by atoms with Gasteiger partial charge in [0.2, 0.25) is 5.89 Å². The fraction of sp³-hybridized carbons (Fsp3) is 0.583. The summed E-state index contributed by atoms with van der Waals surface area (Å²) in [5, 5.41) is 17.3. The molecule has 0 bridgehead atoms. The van der Waals surface area contributed by atoms with Gasteiger partial charge in [0, 0.05) is 30.6 Å². The highest BCUT2D eigenvalue weighted by Gasteiger charge is 2.38. The van der Waals surface area contributed by atoms with Crippen molar-refractivity contribution in [2.24, 2.45) is 0 Å². The maximum Gasteiger partial charge on any atom is 0.490 e. The van der Waals surface area contributed by atoms with Crippen LogP contribution in [-0.2, 0) is 16.0 Å². The fourth-order valence-electron chi connectivity index (χ4n) is 4.74. The molecular formula is C24H30F3N5O4. The van der Waals surface area contributed by atoms with Crippen molar-refractivity contribution in [3.8, 4) is 5.95 Å². The predicted octanol–water partition coefficient (Wildman–Crippen LogP) is 4.27. The number of ether oxygens (including phenoxy) is 1. The third kappa shape index (κ3) is 5.86. The van der Waals surface area contributed by atoms with Gasteiger partial charge in [-0.15, -0.1) is 0 Å². The Balaban J connectivity index is 0.000000384. The van der Waals surface area contributed by atoms with Gasteiger partial charge in [-0.05, 0) is 68.9 Å². The van der Waals surface area contributed by atoms with E-state index in [1.807, 2.05) is 4.68 Å². The maximum absolute atomic E-state index is 10.6. The van der Waals surface area contributed by atoms with E-state index in [2.05, 4.69) is 42.1 Å². The summed E-state index contributed by atoms with van der Waals surface area (Å²) in [7, 11) is 0. The molecule has 0 amide bonds. The first-order valence-corrected chi connectivity index (χ1v) is 12.1. The second-order valence-electron chi connectivity index (χ2n) is 9.12. The van der Waals surface area contributed by atoms with Crippen molar-refractivity contribution >= 4 is 16.9 Å². The van der Waals surface area contributed by atoms with Gasteiger partial charge in [0.25, 0.3) is 5.95 Å². The van der Waals surface area contributed by atoms with Crippen LogP contribution in [0.4, 0.5) is 13.2 Å². The first-order valence-electron chi connectivity index (χ1n) is 12.1. The molecular weight excluding hydrogens is 479 g/mol. The number of aromatic nitrogens is 4. The molecule has 196 valence electrons. The van der Waals surface area contributed by atoms with Gasteiger partial charge in [0.05, 0.1) is 11.2 Å². The molecule has 36 heavy (non-hydrogen) atoms. The molecule has 1 aromatic carbocycles. The Morgan fingerprint density at radius 1 is 1.17 bits per heavy atom. The van der Waals surface area contributed by atoms with Crippen molar-refractivity contribution in [3.05, 3.63) is 35.3 Å². The number of aliphatic carboxylic acids is 1. The summed E-state index contributed by atoms with van der Waals surface area (Å²) in [5.41, 5.74) is 3.31. The molecule has 0 unspecified atom stereocenters. The zero-order valence-electron chi connectivity index (χ0n) is 20.3. The number of rotatable bonds is 4. The lowest BCUT2D eigenvalue weighted by molar-refractivity contribution is -0.192. The summed E-state index contributed by atoms with van der Waals surface area (Å²) in [4.78, 5) is 16.3. The standard InChI is InChI=1S/C22H29N5O2.C2HF3O2/c1-3-19-18-5-4-15(2)14-20(18)27(24-19)22-23-21(29-25-22)16-6-10-26(11-7-16)17-8-12-28-13-9-17;3-2(4,5)1(6)7/h4-5,14,16-17H,3,6-13H2,1-2H3;(H,6,7). The Bertz CT molecular complexity index is 1180. The predicted molar refractivity (Wildman–Crippen MR) is 124 cm³/mol. The molecule has 2 aromatic heterocycles. The van der Waals surface area contributed by atoms with E-state index < -0.39 is 12.1 Å². The number of carboxylic acids is 1. The third-order valence-corrected chi connectivity index (χ3v) is 6.70. The number of halogens is 3. The number of carboxylic acid groups (broad SMARTS) is 1. The van der Waals surface area contributed by atoms with Gasteiger partial charge >= 0.3 is 12.1 Å². The normalized spacial score (nSPS) is 18.2. The van der Waals surface area contributed by atoms with Gasteiger partial charge in [-0.25, -0.2) is 4.79 Å². The van der Waals surface area contributed by atoms with Crippen LogP contribution in [0.5, 0.6) is 0 Å². The summed E-state index contributed by atoms with van der Waals surface area (Å²) in [6.45, 7) is 8.20. The van der Waals surface area contributed by atoms with E-state index in [1.165, 1.54) is 5.56 Å². The Labute approximate surface area is 206 Å². The molecule has 0 saturated carbocycles. The smallest absolute Gasteiger partial charge is 0.475 e. The summed E-state index contributed by atoms with van der Waals surface area (Å²) in [6.07, 6.45) is 0.236. The Hall–Kier alpha value is -2.99. The number of hydrogen-bond donors (Lipinski definition) is 1. The van der Waals surface area contributed by atoms with Gasteiger partial charge < -0.3 is 19.3 Å². The van der Waals surface area contributed by atoms with Crippen LogP contribution in [-0.4, -0.2) is 74.4 Å². The van der Waals surface area contributed by atoms with E-state index in [0.29, 0.717) is 17.9 Å². The van der Waals surface area contributed by atoms with Crippen LogP contribution < -0.4 is 0 Å². The van der Waals surface area contributed by atoms with E-state index >= 15 is 0 Å². The third-order valence-electron chi connectivity index (χ3n) is 6.70. The van der Waals surface area contributed by atoms with Crippen molar-refractivity contribution in [2.75, 3.05) is 26.3 Å². The summed E-state index contributed by atoms with van der Waals surface area (Å²) in [6, 6.07) is 7.08. The molecule has 0 aliphatic carbocycles. The van der Waals surface area contributed by atoms with Crippen LogP contribution in [0, 0.1) is 6.92 Å². The molecule has 0 atom stereocenters. The fourth-order valence-corrected chi connectivity index (χ4v) is 4.74. The molecule has 1 N–H and O–H groups in total. The van der Waals surface area contributed by atoms with Crippen LogP contribution in [0.3, 0.4) is 0 Å². The summed E-state index contributed by atoms with van der Waals surface area (Å²) in [5.74, 6) is -1.13. The number of piperidine rings is 1. The first-order chi connectivity index (χ1) is 17.2. The SMILES string of the molecule is CCc1nn(-c2noc(C3CCN(C4CCOCC4)CC3)n2)c2cc(C)ccc12.O=C(O)C(F)(F)F. The van der Waals surface area contributed by atoms with Gasteiger partial charge in [-0.1, -0.05) is 19.1 Å². The lowest BCUT2D eigenvalue weighted by Gasteiger charge is -2.38. The first kappa shape index (κ1) is 26.1. The highest BCUT2D eigenvalue weighted by Crippen LogP contribution is 2.30. The van der Waals surface area contributed by atoms with Crippen LogP contribution in [0.2, 0.25) is 0 Å². The molecule has 3 aromatic rings. The zero-order chi connectivity index (χ0) is 25.9. The van der Waals surface area contributed by atoms with Crippen LogP contribution in [0.25, 0.3) is 16.9 Å². The average molecular weight is 510 g/mol. The summed E-state index contributed by atoms with van der Waals surface area (Å²) < 4.78 is 44.8. The van der Waals surface area contributed by atoms with Crippen molar-refractivity contribution < 1.29 is 32.3 Å². The maximum atomic E-state index is 10.6. The average Bonchev–Trinajstić information content (AvgIpc) is 3.49. The van der Waals surface area contributed by atoms with E-state index in [9.17, 15) is 13.2 Å². The Morgan fingerprint density at radius 2 is 1.83 bits per heavy atom. The number of benzene rings is 1. The number of carbonyl (C=O) groups is 1. The van der Waals surface area contributed by atoms with E-state index in [1.54, 1.807) is 0 Å². The molecule has 5 rings (SSSR count). The number of likely N-dealkylation sites (tertiary alicyclic amines) is 1. The van der Waals surface area contributed by atoms with Gasteiger partial charge in [-0.3, -0.25) is 0 Å². The molecule has 12 heteroatoms. The van der Waals surface area contributed by atoms with Crippen molar-refractivity contribution in [1.82, 2.24) is 24.8 Å². The summed E-state index contributed by atoms with van der Waals surface area (Å²) >= 11 is 0. The molecule has 2 aliphatic heterocycles. The van der Waals surface area contributed by atoms with Gasteiger partial charge in [0.1, 0.15) is 0 Å². The second kappa shape index (κ2) is 11.0. The number of nitrogens with zero attached hydrogens (tertiary/aromatic N) is 5. The molecule has 0 spiro atoms. The lowest BCUT2D eigenvalue weighted by atomic mass is 9.94. The Kier molecular flexibility index (Phi) is 7.94. The molecule has 9 nitrogen and oxygen atoms in total. The second-order valence-corrected chi connectivity index (χ2v) is 9.12. The van der Waals surface area contributed by atoms with E-state index in [4.69, 9.17) is 29.2 Å². The van der Waals surface area contributed by atoms with Crippen molar-refractivity contribution in [1.29, 1.82) is 0 Å². The Morgan fingerprint density at radius 3 is 2.44 bits per heavy atom. The quantitative estimate of drug-likeness (QED) is 0.556. The van der Waals surface area contributed by atoms with Crippen LogP contribution >= 0.6 is 0 Å². The van der Waals surface area contributed by atoms with Gasteiger partial charge in [-0.2, -0.15) is 27.9 Å². The topological polar surface area (TPSA) is 107 Å². The molecule has 4 heterocycles. The zero-order valence-corrected chi connectivity index (χ0v) is 20.3. The minimum Gasteiger partial charge on any atom is -0.475 e. The molecule has 2 aliphatic rings. The van der Waals surface area contributed by atoms with Crippen molar-refractivity contribution in [2.45, 2.75) is 64.1 Å². The number of alkyl halides is 3. The highest BCUT2D eigenvalue weighted by atomic mass is 19.4. The molecule has 2 fully saturated rings. The highest BCUT2D eigenvalue weighted by molar-refractivity contribution is 5.83. The van der Waals surface area contributed by atoms with Crippen LogP contribution in [0.1, 0.15) is 55.7 Å². The number of fused-ring (bicyclic) bond motifs is 1. The lowest BCUT2D eigenvalue weighted by Crippen LogP contribution is -2.43. The monoisotopic (exact) mass is 509 g/mol. The number of aryl methyl sites for hydroxylation is 2. The minimum atomic E-state index is -5.08. The van der Waals surface area contributed by atoms with Crippen LogP contribution in [0.15, 0.2) is 22.7 Å². The largest absolute Gasteiger partial charge is 0.490 e. The molecule has 2 saturated heterocycles. The van der Waals surface area contributed by atoms with E-state index in [-0.39, 0.29) is 0 Å². The van der Waals surface area contributed by atoms with Gasteiger partial charge in [0.15, 0.2) is 0 Å². The van der Waals surface area contributed by atoms with Crippen molar-refractivity contribution in [3.63, 3.8) is 0 Å².